The van der Waals surface area contributed by atoms with Gasteiger partial charge >= 0.3 is 0 Å². The SMILES string of the molecule is O=C1NC(S)N(c2ccc3ncoc3c2)C12CCC2. The molecular weight excluding hydrogens is 262 g/mol. The molecule has 4 rings (SSSR count). The van der Waals surface area contributed by atoms with Gasteiger partial charge in [-0.05, 0) is 31.4 Å². The minimum Gasteiger partial charge on any atom is -0.443 e. The topological polar surface area (TPSA) is 58.4 Å². The van der Waals surface area contributed by atoms with Crippen molar-refractivity contribution in [1.82, 2.24) is 10.3 Å². The van der Waals surface area contributed by atoms with E-state index in [1.165, 1.54) is 6.39 Å². The largest absolute Gasteiger partial charge is 0.443 e. The number of fused-ring (bicyclic) bond motifs is 1. The number of nitrogens with zero attached hydrogens (tertiary/aromatic N) is 2. The summed E-state index contributed by atoms with van der Waals surface area (Å²) in [4.78, 5) is 18.3. The summed E-state index contributed by atoms with van der Waals surface area (Å²) in [6, 6.07) is 5.80. The van der Waals surface area contributed by atoms with Crippen molar-refractivity contribution in [3.05, 3.63) is 24.6 Å². The summed E-state index contributed by atoms with van der Waals surface area (Å²) in [5, 5.41) is 2.90. The monoisotopic (exact) mass is 275 g/mol. The highest BCUT2D eigenvalue weighted by atomic mass is 32.1. The Hall–Kier alpha value is -1.69. The average Bonchev–Trinajstić information content (AvgIpc) is 2.88. The van der Waals surface area contributed by atoms with Crippen LogP contribution in [0.1, 0.15) is 19.3 Å². The predicted octanol–water partition coefficient (Wildman–Crippen LogP) is 1.90. The zero-order chi connectivity index (χ0) is 13.0. The van der Waals surface area contributed by atoms with Gasteiger partial charge in [-0.3, -0.25) is 4.79 Å². The van der Waals surface area contributed by atoms with Crippen LogP contribution in [0.2, 0.25) is 0 Å². The minimum absolute atomic E-state index is 0.0800. The third kappa shape index (κ3) is 1.37. The Labute approximate surface area is 115 Å². The van der Waals surface area contributed by atoms with E-state index in [-0.39, 0.29) is 11.4 Å². The van der Waals surface area contributed by atoms with Crippen LogP contribution < -0.4 is 10.2 Å². The Balaban J connectivity index is 1.83. The van der Waals surface area contributed by atoms with E-state index in [0.717, 1.165) is 36.0 Å². The first-order valence-corrected chi connectivity index (χ1v) is 6.84. The average molecular weight is 275 g/mol. The second-order valence-electron chi connectivity index (χ2n) is 5.11. The van der Waals surface area contributed by atoms with Crippen molar-refractivity contribution in [3.8, 4) is 0 Å². The lowest BCUT2D eigenvalue weighted by Gasteiger charge is -2.44. The molecule has 2 fully saturated rings. The zero-order valence-electron chi connectivity index (χ0n) is 10.2. The van der Waals surface area contributed by atoms with Gasteiger partial charge in [0, 0.05) is 11.8 Å². The third-order valence-corrected chi connectivity index (χ3v) is 4.52. The first kappa shape index (κ1) is 11.2. The van der Waals surface area contributed by atoms with E-state index in [4.69, 9.17) is 4.42 Å². The standard InChI is InChI=1S/C13H13N3O2S/c17-11-13(4-1-5-13)16(12(19)15-11)8-2-3-9-10(6-8)18-7-14-9/h2-3,6-7,12,19H,1,4-5H2,(H,15,17). The summed E-state index contributed by atoms with van der Waals surface area (Å²) in [5.41, 5.74) is 1.79. The second kappa shape index (κ2) is 3.66. The molecule has 6 heteroatoms. The van der Waals surface area contributed by atoms with Gasteiger partial charge in [-0.25, -0.2) is 4.98 Å². The highest BCUT2D eigenvalue weighted by molar-refractivity contribution is 7.81. The maximum absolute atomic E-state index is 12.1. The lowest BCUT2D eigenvalue weighted by Crippen LogP contribution is -2.55. The van der Waals surface area contributed by atoms with E-state index >= 15 is 0 Å². The van der Waals surface area contributed by atoms with Gasteiger partial charge < -0.3 is 14.6 Å². The number of carbonyl (C=O) groups is 1. The van der Waals surface area contributed by atoms with Gasteiger partial charge in [0.15, 0.2) is 12.0 Å². The normalized spacial score (nSPS) is 24.8. The Morgan fingerprint density at radius 1 is 1.47 bits per heavy atom. The first-order valence-electron chi connectivity index (χ1n) is 6.32. The molecule has 19 heavy (non-hydrogen) atoms. The number of carbonyl (C=O) groups excluding carboxylic acids is 1. The number of anilines is 1. The molecule has 1 unspecified atom stereocenters. The Morgan fingerprint density at radius 2 is 2.32 bits per heavy atom. The molecule has 2 aromatic rings. The van der Waals surface area contributed by atoms with Crippen LogP contribution in [-0.4, -0.2) is 21.9 Å². The van der Waals surface area contributed by atoms with Gasteiger partial charge in [-0.2, -0.15) is 0 Å². The van der Waals surface area contributed by atoms with Crippen LogP contribution >= 0.6 is 12.6 Å². The fraction of sp³-hybridized carbons (Fsp3) is 0.385. The van der Waals surface area contributed by atoms with Crippen molar-refractivity contribution in [1.29, 1.82) is 0 Å². The smallest absolute Gasteiger partial charge is 0.248 e. The van der Waals surface area contributed by atoms with Gasteiger partial charge in [0.1, 0.15) is 16.6 Å². The number of nitrogens with one attached hydrogen (secondary N) is 1. The third-order valence-electron chi connectivity index (χ3n) is 4.16. The van der Waals surface area contributed by atoms with Crippen molar-refractivity contribution in [2.75, 3.05) is 4.90 Å². The summed E-state index contributed by atoms with van der Waals surface area (Å²) >= 11 is 4.49. The molecule has 0 radical (unpaired) electrons. The fourth-order valence-electron chi connectivity index (χ4n) is 3.02. The van der Waals surface area contributed by atoms with Gasteiger partial charge in [0.25, 0.3) is 0 Å². The van der Waals surface area contributed by atoms with Crippen LogP contribution in [0.25, 0.3) is 11.1 Å². The molecule has 2 heterocycles. The van der Waals surface area contributed by atoms with Crippen molar-refractivity contribution in [3.63, 3.8) is 0 Å². The summed E-state index contributed by atoms with van der Waals surface area (Å²) in [6.07, 6.45) is 4.27. The summed E-state index contributed by atoms with van der Waals surface area (Å²) in [6.45, 7) is 0. The first-order chi connectivity index (χ1) is 9.21. The van der Waals surface area contributed by atoms with E-state index in [1.807, 2.05) is 18.2 Å². The van der Waals surface area contributed by atoms with Gasteiger partial charge in [-0.15, -0.1) is 12.6 Å². The van der Waals surface area contributed by atoms with Crippen LogP contribution in [0.5, 0.6) is 0 Å². The maximum atomic E-state index is 12.1. The molecule has 0 bridgehead atoms. The molecule has 5 nitrogen and oxygen atoms in total. The van der Waals surface area contributed by atoms with Gasteiger partial charge in [0.2, 0.25) is 5.91 Å². The van der Waals surface area contributed by atoms with E-state index in [0.29, 0.717) is 0 Å². The van der Waals surface area contributed by atoms with E-state index < -0.39 is 5.54 Å². The van der Waals surface area contributed by atoms with Crippen LogP contribution in [0, 0.1) is 0 Å². The van der Waals surface area contributed by atoms with Gasteiger partial charge in [0.05, 0.1) is 0 Å². The molecule has 98 valence electrons. The highest BCUT2D eigenvalue weighted by Crippen LogP contribution is 2.45. The molecule has 1 amide bonds. The number of rotatable bonds is 1. The second-order valence-corrected chi connectivity index (χ2v) is 5.60. The Kier molecular flexibility index (Phi) is 2.15. The quantitative estimate of drug-likeness (QED) is 0.780. The fourth-order valence-corrected chi connectivity index (χ4v) is 3.49. The van der Waals surface area contributed by atoms with Crippen molar-refractivity contribution < 1.29 is 9.21 Å². The maximum Gasteiger partial charge on any atom is 0.248 e. The lowest BCUT2D eigenvalue weighted by atomic mass is 9.75. The van der Waals surface area contributed by atoms with E-state index in [9.17, 15) is 4.79 Å². The molecule has 2 aliphatic rings. The number of thiol groups is 1. The Bertz CT molecular complexity index is 665. The summed E-state index contributed by atoms with van der Waals surface area (Å²) < 4.78 is 5.33. The van der Waals surface area contributed by atoms with Crippen LogP contribution in [-0.2, 0) is 4.79 Å². The van der Waals surface area contributed by atoms with E-state index in [1.54, 1.807) is 0 Å². The molecule has 1 aromatic heterocycles. The predicted molar refractivity (Wildman–Crippen MR) is 74.0 cm³/mol. The zero-order valence-corrected chi connectivity index (χ0v) is 11.1. The number of aromatic nitrogens is 1. The van der Waals surface area contributed by atoms with Crippen molar-refractivity contribution >= 4 is 35.3 Å². The molecule has 1 saturated heterocycles. The number of hydrogen-bond acceptors (Lipinski definition) is 5. The lowest BCUT2D eigenvalue weighted by molar-refractivity contribution is -0.126. The molecule has 1 N–H and O–H groups in total. The number of hydrogen-bond donors (Lipinski definition) is 2. The molecule has 1 atom stereocenters. The van der Waals surface area contributed by atoms with Crippen molar-refractivity contribution in [2.45, 2.75) is 30.3 Å². The number of amides is 1. The molecule has 1 aliphatic carbocycles. The highest BCUT2D eigenvalue weighted by Gasteiger charge is 2.56. The molecule has 1 saturated carbocycles. The number of benzene rings is 1. The van der Waals surface area contributed by atoms with E-state index in [2.05, 4.69) is 27.8 Å². The number of oxazole rings is 1. The van der Waals surface area contributed by atoms with Crippen LogP contribution in [0.4, 0.5) is 5.69 Å². The van der Waals surface area contributed by atoms with Crippen LogP contribution in [0.15, 0.2) is 29.0 Å². The molecule has 1 aliphatic heterocycles. The molecule has 1 spiro atoms. The Morgan fingerprint density at radius 3 is 3.05 bits per heavy atom. The van der Waals surface area contributed by atoms with Gasteiger partial charge in [-0.1, -0.05) is 0 Å². The minimum atomic E-state index is -0.417. The van der Waals surface area contributed by atoms with Crippen LogP contribution in [0.3, 0.4) is 0 Å². The summed E-state index contributed by atoms with van der Waals surface area (Å²) in [7, 11) is 0. The molecular formula is C13H13N3O2S. The van der Waals surface area contributed by atoms with Crippen molar-refractivity contribution in [2.24, 2.45) is 0 Å². The summed E-state index contributed by atoms with van der Waals surface area (Å²) in [5.74, 6) is 0.0800. The molecule has 1 aromatic carbocycles.